The standard InChI is InChI=1S/C25H35N3O5S/c1-4-32-23-11-10-21(19-24(23)33-5-2)25(29)26-12-7-17-34(30,31)28-15-13-27(14-16-28)22-9-6-8-20(3)18-22/h6,8-11,18-19H,4-5,7,12-17H2,1-3H3,(H,26,29). The Bertz CT molecular complexity index is 1070. The maximum absolute atomic E-state index is 12.8. The summed E-state index contributed by atoms with van der Waals surface area (Å²) in [6.45, 7) is 9.31. The number of anilines is 1. The van der Waals surface area contributed by atoms with Gasteiger partial charge in [0.1, 0.15) is 0 Å². The monoisotopic (exact) mass is 489 g/mol. The SMILES string of the molecule is CCOc1ccc(C(=O)NCCCS(=O)(=O)N2CCN(c3cccc(C)c3)CC2)cc1OCC. The molecule has 0 bridgehead atoms. The number of rotatable bonds is 11. The molecular formula is C25H35N3O5S. The van der Waals surface area contributed by atoms with Crippen molar-refractivity contribution in [3.8, 4) is 11.5 Å². The largest absolute Gasteiger partial charge is 0.490 e. The van der Waals surface area contributed by atoms with Crippen LogP contribution in [-0.2, 0) is 10.0 Å². The predicted molar refractivity (Wildman–Crippen MR) is 134 cm³/mol. The van der Waals surface area contributed by atoms with Gasteiger partial charge in [-0.3, -0.25) is 4.79 Å². The first-order chi connectivity index (χ1) is 16.3. The maximum Gasteiger partial charge on any atom is 0.251 e. The molecule has 0 saturated carbocycles. The Hall–Kier alpha value is -2.78. The molecule has 1 N–H and O–H groups in total. The van der Waals surface area contributed by atoms with Crippen LogP contribution in [0.15, 0.2) is 42.5 Å². The molecule has 0 spiro atoms. The topological polar surface area (TPSA) is 88.2 Å². The Morgan fingerprint density at radius 3 is 2.35 bits per heavy atom. The van der Waals surface area contributed by atoms with Gasteiger partial charge in [0.15, 0.2) is 11.5 Å². The number of carbonyl (C=O) groups excluding carboxylic acids is 1. The number of hydrogen-bond acceptors (Lipinski definition) is 6. The number of hydrogen-bond donors (Lipinski definition) is 1. The molecule has 0 atom stereocenters. The quantitative estimate of drug-likeness (QED) is 0.488. The minimum atomic E-state index is -3.37. The van der Waals surface area contributed by atoms with Gasteiger partial charge < -0.3 is 19.7 Å². The van der Waals surface area contributed by atoms with Crippen LogP contribution >= 0.6 is 0 Å². The molecule has 34 heavy (non-hydrogen) atoms. The number of amides is 1. The van der Waals surface area contributed by atoms with Gasteiger partial charge >= 0.3 is 0 Å². The molecule has 2 aromatic rings. The van der Waals surface area contributed by atoms with Gasteiger partial charge in [0.25, 0.3) is 5.91 Å². The maximum atomic E-state index is 12.8. The van der Waals surface area contributed by atoms with E-state index in [1.165, 1.54) is 5.56 Å². The van der Waals surface area contributed by atoms with Crippen molar-refractivity contribution in [2.24, 2.45) is 0 Å². The highest BCUT2D eigenvalue weighted by Crippen LogP contribution is 2.28. The molecule has 186 valence electrons. The second-order valence-electron chi connectivity index (χ2n) is 8.18. The van der Waals surface area contributed by atoms with Crippen molar-refractivity contribution in [1.29, 1.82) is 0 Å². The molecule has 8 nitrogen and oxygen atoms in total. The summed E-state index contributed by atoms with van der Waals surface area (Å²) in [6, 6.07) is 13.3. The first-order valence-electron chi connectivity index (χ1n) is 11.8. The Labute approximate surface area is 202 Å². The zero-order valence-electron chi connectivity index (χ0n) is 20.2. The highest BCUT2D eigenvalue weighted by atomic mass is 32.2. The van der Waals surface area contributed by atoms with Crippen molar-refractivity contribution in [3.05, 3.63) is 53.6 Å². The summed E-state index contributed by atoms with van der Waals surface area (Å²) in [5.74, 6) is 0.845. The molecule has 1 heterocycles. The second-order valence-corrected chi connectivity index (χ2v) is 10.3. The van der Waals surface area contributed by atoms with Crippen LogP contribution in [0.3, 0.4) is 0 Å². The van der Waals surface area contributed by atoms with Crippen LogP contribution in [0, 0.1) is 6.92 Å². The first kappa shape index (κ1) is 25.8. The Kier molecular flexibility index (Phi) is 9.18. The molecule has 1 aliphatic rings. The third-order valence-electron chi connectivity index (χ3n) is 5.67. The van der Waals surface area contributed by atoms with E-state index in [4.69, 9.17) is 9.47 Å². The summed E-state index contributed by atoms with van der Waals surface area (Å²) in [5, 5.41) is 2.80. The third kappa shape index (κ3) is 6.87. The molecule has 1 amide bonds. The molecule has 0 aromatic heterocycles. The summed E-state index contributed by atoms with van der Waals surface area (Å²) in [4.78, 5) is 14.7. The van der Waals surface area contributed by atoms with E-state index >= 15 is 0 Å². The van der Waals surface area contributed by atoms with E-state index in [1.54, 1.807) is 22.5 Å². The number of piperazine rings is 1. The van der Waals surface area contributed by atoms with E-state index < -0.39 is 10.0 Å². The van der Waals surface area contributed by atoms with E-state index in [0.29, 0.717) is 62.9 Å². The lowest BCUT2D eigenvalue weighted by atomic mass is 10.2. The Balaban J connectivity index is 1.46. The molecule has 0 aliphatic carbocycles. The number of ether oxygens (including phenoxy) is 2. The average molecular weight is 490 g/mol. The highest BCUT2D eigenvalue weighted by molar-refractivity contribution is 7.89. The Morgan fingerprint density at radius 2 is 1.68 bits per heavy atom. The molecule has 0 unspecified atom stereocenters. The smallest absolute Gasteiger partial charge is 0.251 e. The van der Waals surface area contributed by atoms with Gasteiger partial charge in [-0.2, -0.15) is 4.31 Å². The average Bonchev–Trinajstić information content (AvgIpc) is 2.83. The second kappa shape index (κ2) is 12.1. The van der Waals surface area contributed by atoms with Gasteiger partial charge in [-0.25, -0.2) is 8.42 Å². The number of sulfonamides is 1. The van der Waals surface area contributed by atoms with Crippen LogP contribution in [-0.4, -0.2) is 70.3 Å². The molecule has 1 fully saturated rings. The summed E-state index contributed by atoms with van der Waals surface area (Å²) in [5.41, 5.74) is 2.76. The third-order valence-corrected chi connectivity index (χ3v) is 7.63. The fourth-order valence-corrected chi connectivity index (χ4v) is 5.42. The fourth-order valence-electron chi connectivity index (χ4n) is 3.93. The summed E-state index contributed by atoms with van der Waals surface area (Å²) in [6.07, 6.45) is 0.349. The van der Waals surface area contributed by atoms with Gasteiger partial charge in [-0.15, -0.1) is 0 Å². The van der Waals surface area contributed by atoms with E-state index in [-0.39, 0.29) is 18.2 Å². The van der Waals surface area contributed by atoms with Gasteiger partial charge in [-0.05, 0) is 63.1 Å². The minimum Gasteiger partial charge on any atom is -0.490 e. The van der Waals surface area contributed by atoms with Crippen molar-refractivity contribution in [3.63, 3.8) is 0 Å². The lowest BCUT2D eigenvalue weighted by molar-refractivity contribution is 0.0953. The molecule has 0 radical (unpaired) electrons. The zero-order chi connectivity index (χ0) is 24.6. The van der Waals surface area contributed by atoms with E-state index in [2.05, 4.69) is 35.3 Å². The van der Waals surface area contributed by atoms with Crippen molar-refractivity contribution in [1.82, 2.24) is 9.62 Å². The van der Waals surface area contributed by atoms with Crippen LogP contribution in [0.2, 0.25) is 0 Å². The number of nitrogens with zero attached hydrogens (tertiary/aromatic N) is 2. The molecule has 1 saturated heterocycles. The molecule has 3 rings (SSSR count). The number of aryl methyl sites for hydroxylation is 1. The lowest BCUT2D eigenvalue weighted by Crippen LogP contribution is -2.49. The minimum absolute atomic E-state index is 0.00516. The number of carbonyl (C=O) groups is 1. The van der Waals surface area contributed by atoms with Crippen LogP contribution in [0.5, 0.6) is 11.5 Å². The van der Waals surface area contributed by atoms with E-state index in [9.17, 15) is 13.2 Å². The fraction of sp³-hybridized carbons (Fsp3) is 0.480. The molecule has 9 heteroatoms. The molecule has 2 aromatic carbocycles. The molecular weight excluding hydrogens is 454 g/mol. The van der Waals surface area contributed by atoms with Gasteiger partial charge in [0, 0.05) is 44.0 Å². The molecule has 1 aliphatic heterocycles. The summed E-state index contributed by atoms with van der Waals surface area (Å²) in [7, 11) is -3.37. The predicted octanol–water partition coefficient (Wildman–Crippen LogP) is 3.06. The number of nitrogens with one attached hydrogen (secondary N) is 1. The van der Waals surface area contributed by atoms with Crippen molar-refractivity contribution < 1.29 is 22.7 Å². The van der Waals surface area contributed by atoms with Crippen molar-refractivity contribution >= 4 is 21.6 Å². The van der Waals surface area contributed by atoms with E-state index in [1.807, 2.05) is 19.9 Å². The first-order valence-corrected chi connectivity index (χ1v) is 13.4. The van der Waals surface area contributed by atoms with Crippen LogP contribution in [0.1, 0.15) is 36.2 Å². The van der Waals surface area contributed by atoms with E-state index in [0.717, 1.165) is 5.69 Å². The Morgan fingerprint density at radius 1 is 0.971 bits per heavy atom. The van der Waals surface area contributed by atoms with Gasteiger partial charge in [0.05, 0.1) is 19.0 Å². The van der Waals surface area contributed by atoms with Crippen molar-refractivity contribution in [2.45, 2.75) is 27.2 Å². The van der Waals surface area contributed by atoms with Crippen molar-refractivity contribution in [2.75, 3.05) is 56.6 Å². The van der Waals surface area contributed by atoms with Gasteiger partial charge in [0.2, 0.25) is 10.0 Å². The normalized spacial score (nSPS) is 14.6. The lowest BCUT2D eigenvalue weighted by Gasteiger charge is -2.35. The highest BCUT2D eigenvalue weighted by Gasteiger charge is 2.26. The number of benzene rings is 2. The zero-order valence-corrected chi connectivity index (χ0v) is 21.1. The van der Waals surface area contributed by atoms with Gasteiger partial charge in [-0.1, -0.05) is 12.1 Å². The van der Waals surface area contributed by atoms with Crippen LogP contribution in [0.4, 0.5) is 5.69 Å². The summed E-state index contributed by atoms with van der Waals surface area (Å²) < 4.78 is 38.2. The summed E-state index contributed by atoms with van der Waals surface area (Å²) >= 11 is 0. The van der Waals surface area contributed by atoms with Crippen LogP contribution < -0.4 is 19.7 Å². The van der Waals surface area contributed by atoms with Crippen LogP contribution in [0.25, 0.3) is 0 Å².